The van der Waals surface area contributed by atoms with E-state index >= 15 is 0 Å². The average molecular weight is 299 g/mol. The van der Waals surface area contributed by atoms with Crippen molar-refractivity contribution < 1.29 is 17.9 Å². The van der Waals surface area contributed by atoms with Gasteiger partial charge in [0.1, 0.15) is 6.04 Å². The highest BCUT2D eigenvalue weighted by Gasteiger charge is 2.24. The Morgan fingerprint density at radius 3 is 2.82 bits per heavy atom. The molecule has 0 saturated heterocycles. The molecule has 1 N–H and O–H groups in total. The molecule has 1 unspecified atom stereocenters. The van der Waals surface area contributed by atoms with E-state index in [0.29, 0.717) is 0 Å². The van der Waals surface area contributed by atoms with Crippen LogP contribution in [0.2, 0.25) is 4.47 Å². The number of sulfonamides is 1. The highest BCUT2D eigenvalue weighted by molar-refractivity contribution is 7.91. The van der Waals surface area contributed by atoms with E-state index in [-0.39, 0.29) is 15.3 Å². The van der Waals surface area contributed by atoms with E-state index in [4.69, 9.17) is 11.6 Å². The fourth-order valence-corrected chi connectivity index (χ4v) is 3.47. The number of halogens is 1. The Hall–Kier alpha value is -0.700. The fraction of sp³-hybridized carbons (Fsp3) is 0.500. The van der Waals surface area contributed by atoms with Gasteiger partial charge in [0.15, 0.2) is 8.68 Å². The molecule has 0 aliphatic carbocycles. The summed E-state index contributed by atoms with van der Waals surface area (Å²) in [6.07, 6.45) is 1.13. The van der Waals surface area contributed by atoms with Gasteiger partial charge in [-0.3, -0.25) is 4.79 Å². The van der Waals surface area contributed by atoms with Crippen LogP contribution in [0.5, 0.6) is 0 Å². The molecule has 0 aliphatic rings. The Labute approximate surface area is 108 Å². The van der Waals surface area contributed by atoms with E-state index in [2.05, 4.69) is 14.4 Å². The molecule has 17 heavy (non-hydrogen) atoms. The molecular weight excluding hydrogens is 288 g/mol. The van der Waals surface area contributed by atoms with Gasteiger partial charge in [-0.2, -0.15) is 4.72 Å². The molecule has 96 valence electrons. The molecule has 6 nitrogen and oxygen atoms in total. The Balaban J connectivity index is 2.77. The molecule has 0 saturated carbocycles. The third-order valence-corrected chi connectivity index (χ3v) is 4.81. The summed E-state index contributed by atoms with van der Waals surface area (Å²) < 4.78 is 30.5. The summed E-state index contributed by atoms with van der Waals surface area (Å²) in [5.74, 6) is -0.633. The van der Waals surface area contributed by atoms with Crippen LogP contribution in [0.1, 0.15) is 13.8 Å². The number of carbonyl (C=O) groups excluding carboxylic acids is 1. The van der Waals surface area contributed by atoms with Gasteiger partial charge in [-0.25, -0.2) is 13.4 Å². The smallest absolute Gasteiger partial charge is 0.323 e. The Kier molecular flexibility index (Phi) is 4.87. The van der Waals surface area contributed by atoms with Crippen LogP contribution >= 0.6 is 22.9 Å². The first kappa shape index (κ1) is 14.4. The van der Waals surface area contributed by atoms with E-state index in [1.807, 2.05) is 0 Å². The molecule has 0 radical (unpaired) electrons. The molecule has 1 rings (SSSR count). The zero-order valence-corrected chi connectivity index (χ0v) is 11.5. The van der Waals surface area contributed by atoms with Crippen molar-refractivity contribution in [2.75, 3.05) is 6.61 Å². The van der Waals surface area contributed by atoms with E-state index < -0.39 is 22.0 Å². The van der Waals surface area contributed by atoms with Crippen LogP contribution < -0.4 is 4.72 Å². The fourth-order valence-electron chi connectivity index (χ4n) is 0.970. The van der Waals surface area contributed by atoms with Crippen LogP contribution in [-0.4, -0.2) is 32.0 Å². The lowest BCUT2D eigenvalue weighted by Crippen LogP contribution is -2.39. The topological polar surface area (TPSA) is 85.4 Å². The maximum atomic E-state index is 11.8. The van der Waals surface area contributed by atoms with Gasteiger partial charge in [-0.15, -0.1) is 0 Å². The summed E-state index contributed by atoms with van der Waals surface area (Å²) in [6, 6.07) is -0.958. The number of esters is 1. The van der Waals surface area contributed by atoms with Gasteiger partial charge in [0.25, 0.3) is 10.0 Å². The van der Waals surface area contributed by atoms with Gasteiger partial charge in [-0.05, 0) is 13.8 Å². The summed E-state index contributed by atoms with van der Waals surface area (Å²) in [5, 5.41) is 0. The summed E-state index contributed by atoms with van der Waals surface area (Å²) in [7, 11) is -3.78. The van der Waals surface area contributed by atoms with Crippen LogP contribution in [0.4, 0.5) is 0 Å². The summed E-state index contributed by atoms with van der Waals surface area (Å²) in [5.41, 5.74) is 0. The highest BCUT2D eigenvalue weighted by Crippen LogP contribution is 2.22. The van der Waals surface area contributed by atoms with E-state index in [9.17, 15) is 13.2 Å². The SMILES string of the molecule is CCOC(=O)C(C)NS(=O)(=O)c1cnc(Cl)s1. The second-order valence-corrected chi connectivity index (χ2v) is 6.58. The summed E-state index contributed by atoms with van der Waals surface area (Å²) in [4.78, 5) is 14.9. The molecule has 1 heterocycles. The molecule has 0 aliphatic heterocycles. The predicted octanol–water partition coefficient (Wildman–Crippen LogP) is 1.03. The van der Waals surface area contributed by atoms with Crippen LogP contribution in [-0.2, 0) is 19.6 Å². The Bertz CT molecular complexity index is 499. The normalized spacial score (nSPS) is 13.4. The van der Waals surface area contributed by atoms with Crippen molar-refractivity contribution in [2.24, 2.45) is 0 Å². The first-order chi connectivity index (χ1) is 7.86. The Morgan fingerprint density at radius 1 is 1.71 bits per heavy atom. The van der Waals surface area contributed by atoms with Gasteiger partial charge in [0.05, 0.1) is 12.8 Å². The van der Waals surface area contributed by atoms with Crippen molar-refractivity contribution in [3.63, 3.8) is 0 Å². The molecule has 9 heteroatoms. The second kappa shape index (κ2) is 5.76. The molecule has 0 amide bonds. The second-order valence-electron chi connectivity index (χ2n) is 3.03. The molecule has 1 aromatic heterocycles. The first-order valence-electron chi connectivity index (χ1n) is 4.67. The van der Waals surface area contributed by atoms with Crippen molar-refractivity contribution in [3.05, 3.63) is 10.7 Å². The van der Waals surface area contributed by atoms with Gasteiger partial charge in [0, 0.05) is 0 Å². The molecule has 1 aromatic rings. The van der Waals surface area contributed by atoms with Crippen molar-refractivity contribution >= 4 is 38.9 Å². The zero-order valence-electron chi connectivity index (χ0n) is 9.14. The van der Waals surface area contributed by atoms with Crippen molar-refractivity contribution in [2.45, 2.75) is 24.1 Å². The van der Waals surface area contributed by atoms with Crippen molar-refractivity contribution in [3.8, 4) is 0 Å². The number of nitrogens with one attached hydrogen (secondary N) is 1. The number of rotatable bonds is 5. The summed E-state index contributed by atoms with van der Waals surface area (Å²) in [6.45, 7) is 3.23. The zero-order chi connectivity index (χ0) is 13.1. The van der Waals surface area contributed by atoms with Crippen LogP contribution in [0.25, 0.3) is 0 Å². The first-order valence-corrected chi connectivity index (χ1v) is 7.35. The van der Waals surface area contributed by atoms with E-state index in [1.165, 1.54) is 6.92 Å². The standard InChI is InChI=1S/C8H11ClN2O4S2/c1-3-15-7(12)5(2)11-17(13,14)6-4-10-8(9)16-6/h4-5,11H,3H2,1-2H3. The number of hydrogen-bond acceptors (Lipinski definition) is 6. The van der Waals surface area contributed by atoms with Gasteiger partial charge in [0.2, 0.25) is 0 Å². The number of ether oxygens (including phenoxy) is 1. The molecule has 0 aromatic carbocycles. The van der Waals surface area contributed by atoms with Crippen molar-refractivity contribution in [1.29, 1.82) is 0 Å². The number of thiazole rings is 1. The lowest BCUT2D eigenvalue weighted by molar-refractivity contribution is -0.144. The third kappa shape index (κ3) is 3.91. The minimum absolute atomic E-state index is 0.0429. The molecule has 0 fully saturated rings. The molecule has 1 atom stereocenters. The number of nitrogens with zero attached hydrogens (tertiary/aromatic N) is 1. The largest absolute Gasteiger partial charge is 0.465 e. The minimum Gasteiger partial charge on any atom is -0.465 e. The number of carbonyl (C=O) groups is 1. The maximum absolute atomic E-state index is 11.8. The molecule has 0 bridgehead atoms. The average Bonchev–Trinajstić information content (AvgIpc) is 2.65. The van der Waals surface area contributed by atoms with Crippen LogP contribution in [0.3, 0.4) is 0 Å². The quantitative estimate of drug-likeness (QED) is 0.821. The Morgan fingerprint density at radius 2 is 2.35 bits per heavy atom. The summed E-state index contributed by atoms with van der Waals surface area (Å²) >= 11 is 6.35. The molecule has 0 spiro atoms. The van der Waals surface area contributed by atoms with E-state index in [1.54, 1.807) is 6.92 Å². The third-order valence-electron chi connectivity index (χ3n) is 1.69. The van der Waals surface area contributed by atoms with Gasteiger partial charge >= 0.3 is 5.97 Å². The van der Waals surface area contributed by atoms with Crippen LogP contribution in [0, 0.1) is 0 Å². The molecular formula is C8H11ClN2O4S2. The number of aromatic nitrogens is 1. The van der Waals surface area contributed by atoms with Crippen molar-refractivity contribution in [1.82, 2.24) is 9.71 Å². The lowest BCUT2D eigenvalue weighted by Gasteiger charge is -2.11. The van der Waals surface area contributed by atoms with Crippen LogP contribution in [0.15, 0.2) is 10.4 Å². The number of hydrogen-bond donors (Lipinski definition) is 1. The van der Waals surface area contributed by atoms with E-state index in [0.717, 1.165) is 17.5 Å². The highest BCUT2D eigenvalue weighted by atomic mass is 35.5. The maximum Gasteiger partial charge on any atom is 0.323 e. The minimum atomic E-state index is -3.78. The lowest BCUT2D eigenvalue weighted by atomic mass is 10.4. The monoisotopic (exact) mass is 298 g/mol. The van der Waals surface area contributed by atoms with Gasteiger partial charge in [-0.1, -0.05) is 22.9 Å². The van der Waals surface area contributed by atoms with Gasteiger partial charge < -0.3 is 4.74 Å². The predicted molar refractivity (Wildman–Crippen MR) is 63.5 cm³/mol.